The molecule has 0 unspecified atom stereocenters. The summed E-state index contributed by atoms with van der Waals surface area (Å²) in [5, 5.41) is 6.05. The van der Waals surface area contributed by atoms with E-state index in [9.17, 15) is 0 Å². The van der Waals surface area contributed by atoms with Crippen LogP contribution in [0.4, 0.5) is 0 Å². The summed E-state index contributed by atoms with van der Waals surface area (Å²) in [5.74, 6) is 0.573. The molecule has 0 saturated carbocycles. The summed E-state index contributed by atoms with van der Waals surface area (Å²) in [6, 6.07) is 11.7. The SMILES string of the molecule is CCn1nc(COc2cccnc2Cl)c2ccccc21. The zero-order valence-electron chi connectivity index (χ0n) is 11.1. The van der Waals surface area contributed by atoms with E-state index in [2.05, 4.69) is 29.1 Å². The minimum absolute atomic E-state index is 0.367. The first-order chi connectivity index (χ1) is 9.79. The molecular weight excluding hydrogens is 274 g/mol. The first-order valence-corrected chi connectivity index (χ1v) is 6.85. The van der Waals surface area contributed by atoms with E-state index < -0.39 is 0 Å². The number of aromatic nitrogens is 3. The van der Waals surface area contributed by atoms with Gasteiger partial charge in [0.2, 0.25) is 0 Å². The quantitative estimate of drug-likeness (QED) is 0.687. The molecule has 5 heteroatoms. The first kappa shape index (κ1) is 12.9. The third-order valence-corrected chi connectivity index (χ3v) is 3.41. The number of benzene rings is 1. The molecule has 0 spiro atoms. The van der Waals surface area contributed by atoms with Crippen LogP contribution in [0.1, 0.15) is 12.6 Å². The highest BCUT2D eigenvalue weighted by molar-refractivity contribution is 6.30. The maximum absolute atomic E-state index is 5.98. The molecule has 102 valence electrons. The topological polar surface area (TPSA) is 39.9 Å². The van der Waals surface area contributed by atoms with Crippen molar-refractivity contribution < 1.29 is 4.74 Å². The van der Waals surface area contributed by atoms with Crippen molar-refractivity contribution in [1.82, 2.24) is 14.8 Å². The van der Waals surface area contributed by atoms with Gasteiger partial charge in [-0.15, -0.1) is 0 Å². The van der Waals surface area contributed by atoms with Crippen molar-refractivity contribution in [2.45, 2.75) is 20.1 Å². The Kier molecular flexibility index (Phi) is 3.56. The Balaban J connectivity index is 1.90. The maximum atomic E-state index is 5.98. The Hall–Kier alpha value is -2.07. The lowest BCUT2D eigenvalue weighted by Crippen LogP contribution is -2.00. The molecule has 2 heterocycles. The van der Waals surface area contributed by atoms with Gasteiger partial charge in [0.15, 0.2) is 10.9 Å². The van der Waals surface area contributed by atoms with Gasteiger partial charge in [0.25, 0.3) is 0 Å². The molecule has 0 fully saturated rings. The smallest absolute Gasteiger partial charge is 0.171 e. The molecular formula is C15H14ClN3O. The summed E-state index contributed by atoms with van der Waals surface area (Å²) in [6.07, 6.45) is 1.64. The number of pyridine rings is 1. The lowest BCUT2D eigenvalue weighted by Gasteiger charge is -2.05. The van der Waals surface area contributed by atoms with Crippen LogP contribution in [0.5, 0.6) is 5.75 Å². The molecule has 0 N–H and O–H groups in total. The molecule has 0 aliphatic heterocycles. The fraction of sp³-hybridized carbons (Fsp3) is 0.200. The average Bonchev–Trinajstić information content (AvgIpc) is 2.85. The van der Waals surface area contributed by atoms with E-state index in [0.29, 0.717) is 17.5 Å². The van der Waals surface area contributed by atoms with Gasteiger partial charge in [-0.3, -0.25) is 4.68 Å². The molecule has 0 saturated heterocycles. The fourth-order valence-corrected chi connectivity index (χ4v) is 2.34. The molecule has 0 amide bonds. The highest BCUT2D eigenvalue weighted by Gasteiger charge is 2.10. The molecule has 3 aromatic rings. The largest absolute Gasteiger partial charge is 0.484 e. The summed E-state index contributed by atoms with van der Waals surface area (Å²) in [6.45, 7) is 3.27. The molecule has 0 aliphatic rings. The minimum Gasteiger partial charge on any atom is -0.484 e. The van der Waals surface area contributed by atoms with Crippen molar-refractivity contribution in [2.24, 2.45) is 0 Å². The minimum atomic E-state index is 0.367. The van der Waals surface area contributed by atoms with Crippen molar-refractivity contribution in [1.29, 1.82) is 0 Å². The molecule has 3 rings (SSSR count). The Morgan fingerprint density at radius 3 is 2.85 bits per heavy atom. The van der Waals surface area contributed by atoms with Gasteiger partial charge in [0, 0.05) is 18.1 Å². The number of halogens is 1. The Morgan fingerprint density at radius 1 is 1.20 bits per heavy atom. The molecule has 4 nitrogen and oxygen atoms in total. The van der Waals surface area contributed by atoms with Crippen LogP contribution in [0.3, 0.4) is 0 Å². The van der Waals surface area contributed by atoms with Crippen LogP contribution in [0.2, 0.25) is 5.15 Å². The number of nitrogens with zero attached hydrogens (tertiary/aromatic N) is 3. The van der Waals surface area contributed by atoms with Gasteiger partial charge >= 0.3 is 0 Å². The predicted octanol–water partition coefficient (Wildman–Crippen LogP) is 3.68. The Labute approximate surface area is 122 Å². The van der Waals surface area contributed by atoms with Crippen molar-refractivity contribution >= 4 is 22.5 Å². The van der Waals surface area contributed by atoms with Crippen LogP contribution in [0, 0.1) is 0 Å². The second-order valence-electron chi connectivity index (χ2n) is 4.36. The molecule has 0 aliphatic carbocycles. The van der Waals surface area contributed by atoms with Gasteiger partial charge < -0.3 is 4.74 Å². The van der Waals surface area contributed by atoms with E-state index in [1.807, 2.05) is 16.8 Å². The number of hydrogen-bond acceptors (Lipinski definition) is 3. The van der Waals surface area contributed by atoms with Crippen LogP contribution in [-0.4, -0.2) is 14.8 Å². The average molecular weight is 288 g/mol. The highest BCUT2D eigenvalue weighted by atomic mass is 35.5. The van der Waals surface area contributed by atoms with Gasteiger partial charge in [-0.25, -0.2) is 4.98 Å². The lowest BCUT2D eigenvalue weighted by atomic mass is 10.2. The van der Waals surface area contributed by atoms with Gasteiger partial charge in [-0.05, 0) is 25.1 Å². The van der Waals surface area contributed by atoms with Crippen molar-refractivity contribution in [3.63, 3.8) is 0 Å². The van der Waals surface area contributed by atoms with Crippen LogP contribution < -0.4 is 4.74 Å². The van der Waals surface area contributed by atoms with Crippen LogP contribution in [-0.2, 0) is 13.2 Å². The third-order valence-electron chi connectivity index (χ3n) is 3.12. The standard InChI is InChI=1S/C15H14ClN3O/c1-2-19-13-7-4-3-6-11(13)12(18-19)10-20-14-8-5-9-17-15(14)16/h3-9H,2,10H2,1H3. The van der Waals surface area contributed by atoms with Gasteiger partial charge in [-0.1, -0.05) is 29.8 Å². The van der Waals surface area contributed by atoms with Gasteiger partial charge in [0.1, 0.15) is 12.3 Å². The van der Waals surface area contributed by atoms with Gasteiger partial charge in [0.05, 0.1) is 5.52 Å². The highest BCUT2D eigenvalue weighted by Crippen LogP contribution is 2.24. The predicted molar refractivity (Wildman–Crippen MR) is 79.0 cm³/mol. The summed E-state index contributed by atoms with van der Waals surface area (Å²) in [4.78, 5) is 3.99. The van der Waals surface area contributed by atoms with E-state index in [1.165, 1.54) is 0 Å². The molecule has 0 radical (unpaired) electrons. The summed E-state index contributed by atoms with van der Waals surface area (Å²) >= 11 is 5.98. The number of fused-ring (bicyclic) bond motifs is 1. The van der Waals surface area contributed by atoms with Crippen LogP contribution in [0.15, 0.2) is 42.6 Å². The lowest BCUT2D eigenvalue weighted by molar-refractivity contribution is 0.300. The first-order valence-electron chi connectivity index (χ1n) is 6.47. The summed E-state index contributed by atoms with van der Waals surface area (Å²) in [7, 11) is 0. The summed E-state index contributed by atoms with van der Waals surface area (Å²) < 4.78 is 7.69. The van der Waals surface area contributed by atoms with E-state index in [1.54, 1.807) is 18.3 Å². The maximum Gasteiger partial charge on any atom is 0.171 e. The fourth-order valence-electron chi connectivity index (χ4n) is 2.17. The molecule has 1 aromatic carbocycles. The van der Waals surface area contributed by atoms with Gasteiger partial charge in [-0.2, -0.15) is 5.10 Å². The molecule has 20 heavy (non-hydrogen) atoms. The van der Waals surface area contributed by atoms with E-state index in [-0.39, 0.29) is 0 Å². The van der Waals surface area contributed by atoms with Crippen molar-refractivity contribution in [3.8, 4) is 5.75 Å². The monoisotopic (exact) mass is 287 g/mol. The Bertz CT molecular complexity index is 739. The second-order valence-corrected chi connectivity index (χ2v) is 4.72. The molecule has 0 atom stereocenters. The number of para-hydroxylation sites is 1. The van der Waals surface area contributed by atoms with E-state index in [0.717, 1.165) is 23.1 Å². The van der Waals surface area contributed by atoms with Crippen molar-refractivity contribution in [2.75, 3.05) is 0 Å². The normalized spacial score (nSPS) is 10.9. The van der Waals surface area contributed by atoms with E-state index >= 15 is 0 Å². The zero-order valence-corrected chi connectivity index (χ0v) is 11.8. The second kappa shape index (κ2) is 5.51. The molecule has 2 aromatic heterocycles. The number of ether oxygens (including phenoxy) is 1. The van der Waals surface area contributed by atoms with E-state index in [4.69, 9.17) is 16.3 Å². The third kappa shape index (κ3) is 2.34. The summed E-state index contributed by atoms with van der Waals surface area (Å²) in [5.41, 5.74) is 2.02. The zero-order chi connectivity index (χ0) is 13.9. The molecule has 0 bridgehead atoms. The number of rotatable bonds is 4. The van der Waals surface area contributed by atoms with Crippen LogP contribution >= 0.6 is 11.6 Å². The van der Waals surface area contributed by atoms with Crippen molar-refractivity contribution in [3.05, 3.63) is 53.4 Å². The van der Waals surface area contributed by atoms with Crippen LogP contribution in [0.25, 0.3) is 10.9 Å². The number of aryl methyl sites for hydroxylation is 1. The Morgan fingerprint density at radius 2 is 2.05 bits per heavy atom. The number of hydrogen-bond donors (Lipinski definition) is 0.